The molecular formula is C27H32N6O3S. The van der Waals surface area contributed by atoms with Gasteiger partial charge in [-0.15, -0.1) is 0 Å². The highest BCUT2D eigenvalue weighted by molar-refractivity contribution is 7.17. The molecule has 0 radical (unpaired) electrons. The lowest BCUT2D eigenvalue weighted by Gasteiger charge is -2.29. The van der Waals surface area contributed by atoms with Gasteiger partial charge in [0.15, 0.2) is 5.13 Å². The molecule has 1 saturated heterocycles. The van der Waals surface area contributed by atoms with Gasteiger partial charge in [-0.3, -0.25) is 19.3 Å². The van der Waals surface area contributed by atoms with E-state index in [1.54, 1.807) is 6.26 Å². The zero-order valence-electron chi connectivity index (χ0n) is 21.3. The normalized spacial score (nSPS) is 21.5. The highest BCUT2D eigenvalue weighted by atomic mass is 32.1. The van der Waals surface area contributed by atoms with Crippen molar-refractivity contribution in [1.82, 2.24) is 25.0 Å². The number of allylic oxidation sites excluding steroid dienone is 4. The van der Waals surface area contributed by atoms with Crippen molar-refractivity contribution in [2.45, 2.75) is 45.2 Å². The summed E-state index contributed by atoms with van der Waals surface area (Å²) in [4.78, 5) is 22.5. The highest BCUT2D eigenvalue weighted by Gasteiger charge is 2.34. The largest absolute Gasteiger partial charge is 0.462 e. The SMILES string of the molecule is CC1(C)Cc2nc(N3C=COC(C4=C(c5cnn(CCN6CCOCC6)c5)C=CCC4)=C3)sc2C(=O)N1. The van der Waals surface area contributed by atoms with Crippen LogP contribution in [0.5, 0.6) is 0 Å². The number of anilines is 1. The molecule has 37 heavy (non-hydrogen) atoms. The molecule has 0 spiro atoms. The van der Waals surface area contributed by atoms with Crippen molar-refractivity contribution in [3.05, 3.63) is 70.7 Å². The Morgan fingerprint density at radius 3 is 2.95 bits per heavy atom. The van der Waals surface area contributed by atoms with Crippen molar-refractivity contribution in [2.24, 2.45) is 0 Å². The number of fused-ring (bicyclic) bond motifs is 1. The molecule has 3 aliphatic heterocycles. The number of thiazole rings is 1. The molecule has 6 rings (SSSR count). The number of carbonyl (C=O) groups is 1. The zero-order valence-corrected chi connectivity index (χ0v) is 22.1. The van der Waals surface area contributed by atoms with Crippen LogP contribution in [0.4, 0.5) is 5.13 Å². The lowest BCUT2D eigenvalue weighted by Crippen LogP contribution is -2.48. The summed E-state index contributed by atoms with van der Waals surface area (Å²) >= 11 is 1.41. The van der Waals surface area contributed by atoms with E-state index >= 15 is 0 Å². The minimum absolute atomic E-state index is 0.0514. The third-order valence-electron chi connectivity index (χ3n) is 7.01. The van der Waals surface area contributed by atoms with Crippen LogP contribution in [-0.4, -0.2) is 64.0 Å². The van der Waals surface area contributed by atoms with E-state index < -0.39 is 0 Å². The van der Waals surface area contributed by atoms with Gasteiger partial charge >= 0.3 is 0 Å². The number of amides is 1. The van der Waals surface area contributed by atoms with Crippen molar-refractivity contribution in [2.75, 3.05) is 37.7 Å². The van der Waals surface area contributed by atoms with Crippen LogP contribution < -0.4 is 10.2 Å². The van der Waals surface area contributed by atoms with E-state index in [2.05, 4.69) is 33.7 Å². The van der Waals surface area contributed by atoms with E-state index in [0.717, 1.165) is 85.5 Å². The summed E-state index contributed by atoms with van der Waals surface area (Å²) in [6.45, 7) is 9.43. The molecule has 4 aliphatic rings. The number of ether oxygens (including phenoxy) is 2. The Balaban J connectivity index is 1.24. The minimum Gasteiger partial charge on any atom is -0.462 e. The summed E-state index contributed by atoms with van der Waals surface area (Å²) in [5, 5.41) is 8.46. The van der Waals surface area contributed by atoms with Crippen molar-refractivity contribution >= 4 is 27.9 Å². The lowest BCUT2D eigenvalue weighted by molar-refractivity contribution is 0.0359. The van der Waals surface area contributed by atoms with E-state index in [1.807, 2.05) is 42.0 Å². The fourth-order valence-corrected chi connectivity index (χ4v) is 6.03. The first kappa shape index (κ1) is 24.1. The van der Waals surface area contributed by atoms with Gasteiger partial charge in [-0.2, -0.15) is 5.10 Å². The van der Waals surface area contributed by atoms with Crippen molar-refractivity contribution in [1.29, 1.82) is 0 Å². The van der Waals surface area contributed by atoms with E-state index in [1.165, 1.54) is 11.3 Å². The molecule has 1 N–H and O–H groups in total. The number of nitrogens with one attached hydrogen (secondary N) is 1. The van der Waals surface area contributed by atoms with Gasteiger partial charge in [-0.05, 0) is 32.3 Å². The Hall–Kier alpha value is -3.21. The third kappa shape index (κ3) is 5.14. The van der Waals surface area contributed by atoms with Crippen molar-refractivity contribution in [3.8, 4) is 0 Å². The quantitative estimate of drug-likeness (QED) is 0.622. The average Bonchev–Trinajstić information content (AvgIpc) is 3.55. The van der Waals surface area contributed by atoms with Crippen LogP contribution in [0.1, 0.15) is 47.6 Å². The standard InChI is InChI=1S/C27H32N6O3S/c1-27(2)15-22-24(25(34)30-27)37-26(29-22)32-11-14-36-23(18-32)21-6-4-3-5-20(21)19-16-28-33(17-19)8-7-31-9-12-35-13-10-31/h3,5,11,14,16-18H,4,6-10,12-13,15H2,1-2H3,(H,30,34). The van der Waals surface area contributed by atoms with Crippen LogP contribution in [0.25, 0.3) is 5.57 Å². The molecular weight excluding hydrogens is 488 g/mol. The maximum atomic E-state index is 12.6. The second kappa shape index (κ2) is 9.92. The van der Waals surface area contributed by atoms with Gasteiger partial charge in [-0.1, -0.05) is 23.5 Å². The Labute approximate surface area is 220 Å². The van der Waals surface area contributed by atoms with Gasteiger partial charge < -0.3 is 14.8 Å². The summed E-state index contributed by atoms with van der Waals surface area (Å²) in [5.74, 6) is 0.741. The summed E-state index contributed by atoms with van der Waals surface area (Å²) in [7, 11) is 0. The Morgan fingerprint density at radius 2 is 2.08 bits per heavy atom. The molecule has 10 heteroatoms. The third-order valence-corrected chi connectivity index (χ3v) is 8.12. The smallest absolute Gasteiger partial charge is 0.263 e. The van der Waals surface area contributed by atoms with Gasteiger partial charge in [0.25, 0.3) is 5.91 Å². The Bertz CT molecular complexity index is 1310. The first-order chi connectivity index (χ1) is 17.9. The van der Waals surface area contributed by atoms with E-state index in [9.17, 15) is 4.79 Å². The maximum Gasteiger partial charge on any atom is 0.263 e. The average molecular weight is 521 g/mol. The first-order valence-corrected chi connectivity index (χ1v) is 13.7. The molecule has 0 atom stereocenters. The Kier molecular flexibility index (Phi) is 6.48. The number of hydrogen-bond acceptors (Lipinski definition) is 8. The molecule has 0 aromatic carbocycles. The van der Waals surface area contributed by atoms with Gasteiger partial charge in [0.05, 0.1) is 37.8 Å². The molecule has 0 saturated carbocycles. The van der Waals surface area contributed by atoms with E-state index in [-0.39, 0.29) is 11.4 Å². The number of carbonyl (C=O) groups excluding carboxylic acids is 1. The van der Waals surface area contributed by atoms with E-state index in [0.29, 0.717) is 11.3 Å². The van der Waals surface area contributed by atoms with Crippen molar-refractivity contribution in [3.63, 3.8) is 0 Å². The predicted molar refractivity (Wildman–Crippen MR) is 143 cm³/mol. The Morgan fingerprint density at radius 1 is 1.22 bits per heavy atom. The topological polar surface area (TPSA) is 84.8 Å². The number of morpholine rings is 1. The lowest BCUT2D eigenvalue weighted by atomic mass is 9.92. The summed E-state index contributed by atoms with van der Waals surface area (Å²) in [6, 6.07) is 0. The van der Waals surface area contributed by atoms with Gasteiger partial charge in [0.2, 0.25) is 0 Å². The van der Waals surface area contributed by atoms with Crippen LogP contribution in [0.2, 0.25) is 0 Å². The molecule has 0 bridgehead atoms. The van der Waals surface area contributed by atoms with Gasteiger partial charge in [0, 0.05) is 55.1 Å². The molecule has 0 unspecified atom stereocenters. The maximum absolute atomic E-state index is 12.6. The number of hydrogen-bond donors (Lipinski definition) is 1. The van der Waals surface area contributed by atoms with Gasteiger partial charge in [0.1, 0.15) is 16.9 Å². The molecule has 194 valence electrons. The summed E-state index contributed by atoms with van der Waals surface area (Å²) in [6.07, 6.45) is 16.5. The highest BCUT2D eigenvalue weighted by Crippen LogP contribution is 2.37. The van der Waals surface area contributed by atoms with Crippen LogP contribution >= 0.6 is 11.3 Å². The molecule has 2 aromatic heterocycles. The van der Waals surface area contributed by atoms with Crippen LogP contribution in [-0.2, 0) is 22.4 Å². The van der Waals surface area contributed by atoms with Crippen LogP contribution in [0.3, 0.4) is 0 Å². The predicted octanol–water partition coefficient (Wildman–Crippen LogP) is 3.69. The van der Waals surface area contributed by atoms with Crippen LogP contribution in [0.15, 0.2) is 54.5 Å². The second-order valence-corrected chi connectivity index (χ2v) is 11.3. The van der Waals surface area contributed by atoms with Crippen molar-refractivity contribution < 1.29 is 14.3 Å². The zero-order chi connectivity index (χ0) is 25.4. The fraction of sp³-hybridized carbons (Fsp3) is 0.444. The van der Waals surface area contributed by atoms with E-state index in [4.69, 9.17) is 14.5 Å². The molecule has 1 fully saturated rings. The number of rotatable bonds is 6. The summed E-state index contributed by atoms with van der Waals surface area (Å²) in [5.41, 5.74) is 3.92. The molecule has 1 amide bonds. The monoisotopic (exact) mass is 520 g/mol. The van der Waals surface area contributed by atoms with Crippen LogP contribution in [0, 0.1) is 0 Å². The molecule has 5 heterocycles. The number of nitrogens with zero attached hydrogens (tertiary/aromatic N) is 5. The summed E-state index contributed by atoms with van der Waals surface area (Å²) < 4.78 is 13.5. The fourth-order valence-electron chi connectivity index (χ4n) is 5.10. The molecule has 9 nitrogen and oxygen atoms in total. The second-order valence-electron chi connectivity index (χ2n) is 10.4. The van der Waals surface area contributed by atoms with Gasteiger partial charge in [-0.25, -0.2) is 4.98 Å². The molecule has 2 aromatic rings. The first-order valence-electron chi connectivity index (χ1n) is 12.8. The minimum atomic E-state index is -0.294. The molecule has 1 aliphatic carbocycles. The number of aromatic nitrogens is 3.